The van der Waals surface area contributed by atoms with E-state index in [1.807, 2.05) is 0 Å². The summed E-state index contributed by atoms with van der Waals surface area (Å²) in [6.45, 7) is -0.999. The number of rotatable bonds is 5. The van der Waals surface area contributed by atoms with Gasteiger partial charge in [0.05, 0.1) is 0 Å². The van der Waals surface area contributed by atoms with Crippen LogP contribution >= 0.6 is 0 Å². The average Bonchev–Trinajstić information content (AvgIpc) is 2.25. The fourth-order valence-electron chi connectivity index (χ4n) is 0.890. The smallest absolute Gasteiger partial charge is 0.344 e. The summed E-state index contributed by atoms with van der Waals surface area (Å²) < 4.78 is 9.39. The Morgan fingerprint density at radius 2 is 1.81 bits per heavy atom. The van der Waals surface area contributed by atoms with Crippen LogP contribution in [-0.4, -0.2) is 30.3 Å². The zero-order valence-electron chi connectivity index (χ0n) is 8.38. The van der Waals surface area contributed by atoms with E-state index in [-0.39, 0.29) is 6.61 Å². The van der Waals surface area contributed by atoms with Crippen LogP contribution in [0.25, 0.3) is 0 Å². The first kappa shape index (κ1) is 11.8. The van der Waals surface area contributed by atoms with E-state index in [9.17, 15) is 9.59 Å². The standard InChI is InChI=1S/C10H11NO5/c11-7-1-3-8(4-2-7)15-6-10(14)16-5-9(12)13/h1-4H,5-6,11H2,(H,12,13). The van der Waals surface area contributed by atoms with Crippen LogP contribution in [0.3, 0.4) is 0 Å². The number of carboxylic acid groups (broad SMARTS) is 1. The molecule has 3 N–H and O–H groups in total. The molecule has 0 saturated heterocycles. The van der Waals surface area contributed by atoms with Gasteiger partial charge in [-0.2, -0.15) is 0 Å². The van der Waals surface area contributed by atoms with Gasteiger partial charge in [-0.1, -0.05) is 0 Å². The molecule has 0 spiro atoms. The van der Waals surface area contributed by atoms with Crippen LogP contribution in [0.5, 0.6) is 5.75 Å². The van der Waals surface area contributed by atoms with Crippen molar-refractivity contribution < 1.29 is 24.2 Å². The van der Waals surface area contributed by atoms with E-state index in [0.29, 0.717) is 11.4 Å². The van der Waals surface area contributed by atoms with Crippen molar-refractivity contribution in [3.8, 4) is 5.75 Å². The van der Waals surface area contributed by atoms with Crippen molar-refractivity contribution in [1.29, 1.82) is 0 Å². The van der Waals surface area contributed by atoms with Crippen LogP contribution in [0.1, 0.15) is 0 Å². The lowest BCUT2D eigenvalue weighted by atomic mass is 10.3. The predicted molar refractivity (Wildman–Crippen MR) is 54.9 cm³/mol. The SMILES string of the molecule is Nc1ccc(OCC(=O)OCC(=O)O)cc1. The topological polar surface area (TPSA) is 98.9 Å². The third-order valence-electron chi connectivity index (χ3n) is 1.59. The lowest BCUT2D eigenvalue weighted by molar-refractivity contribution is -0.156. The van der Waals surface area contributed by atoms with E-state index in [1.165, 1.54) is 0 Å². The Balaban J connectivity index is 2.31. The van der Waals surface area contributed by atoms with Gasteiger partial charge in [0, 0.05) is 5.69 Å². The third-order valence-corrected chi connectivity index (χ3v) is 1.59. The molecule has 0 radical (unpaired) electrons. The van der Waals surface area contributed by atoms with Gasteiger partial charge < -0.3 is 20.3 Å². The average molecular weight is 225 g/mol. The van der Waals surface area contributed by atoms with Gasteiger partial charge in [0.25, 0.3) is 0 Å². The number of carbonyl (C=O) groups excluding carboxylic acids is 1. The van der Waals surface area contributed by atoms with Crippen LogP contribution in [-0.2, 0) is 14.3 Å². The number of ether oxygens (including phenoxy) is 2. The molecule has 1 aromatic rings. The van der Waals surface area contributed by atoms with Gasteiger partial charge >= 0.3 is 11.9 Å². The number of hydrogen-bond acceptors (Lipinski definition) is 5. The number of aliphatic carboxylic acids is 1. The largest absolute Gasteiger partial charge is 0.482 e. The molecular weight excluding hydrogens is 214 g/mol. The van der Waals surface area contributed by atoms with E-state index >= 15 is 0 Å². The Bertz CT molecular complexity index is 373. The van der Waals surface area contributed by atoms with Crippen LogP contribution in [0, 0.1) is 0 Å². The van der Waals surface area contributed by atoms with Gasteiger partial charge in [-0.3, -0.25) is 0 Å². The second-order valence-corrected chi connectivity index (χ2v) is 2.91. The molecule has 0 aliphatic heterocycles. The Hall–Kier alpha value is -2.24. The van der Waals surface area contributed by atoms with Gasteiger partial charge in [-0.05, 0) is 24.3 Å². The molecule has 0 fully saturated rings. The van der Waals surface area contributed by atoms with Crippen molar-refractivity contribution >= 4 is 17.6 Å². The van der Waals surface area contributed by atoms with Crippen molar-refractivity contribution in [3.63, 3.8) is 0 Å². The molecule has 16 heavy (non-hydrogen) atoms. The Morgan fingerprint density at radius 3 is 2.38 bits per heavy atom. The molecule has 0 bridgehead atoms. The minimum Gasteiger partial charge on any atom is -0.482 e. The zero-order chi connectivity index (χ0) is 12.0. The fraction of sp³-hybridized carbons (Fsp3) is 0.200. The Morgan fingerprint density at radius 1 is 1.19 bits per heavy atom. The summed E-state index contributed by atoms with van der Waals surface area (Å²) in [6.07, 6.45) is 0. The van der Waals surface area contributed by atoms with E-state index in [2.05, 4.69) is 4.74 Å². The summed E-state index contributed by atoms with van der Waals surface area (Å²) in [5.41, 5.74) is 6.04. The number of nitrogens with two attached hydrogens (primary N) is 1. The highest BCUT2D eigenvalue weighted by atomic mass is 16.6. The number of esters is 1. The molecule has 0 saturated carbocycles. The van der Waals surface area contributed by atoms with Crippen molar-refractivity contribution in [2.75, 3.05) is 18.9 Å². The number of benzene rings is 1. The van der Waals surface area contributed by atoms with Crippen molar-refractivity contribution in [3.05, 3.63) is 24.3 Å². The summed E-state index contributed by atoms with van der Waals surface area (Å²) in [6, 6.07) is 6.44. The maximum absolute atomic E-state index is 11.0. The molecule has 0 unspecified atom stereocenters. The van der Waals surface area contributed by atoms with E-state index in [4.69, 9.17) is 15.6 Å². The molecule has 6 nitrogen and oxygen atoms in total. The maximum Gasteiger partial charge on any atom is 0.344 e. The fourth-order valence-corrected chi connectivity index (χ4v) is 0.890. The maximum atomic E-state index is 11.0. The summed E-state index contributed by atoms with van der Waals surface area (Å²) in [7, 11) is 0. The molecule has 0 aliphatic carbocycles. The molecule has 1 aromatic carbocycles. The minimum atomic E-state index is -1.21. The summed E-state index contributed by atoms with van der Waals surface area (Å²) in [5, 5.41) is 8.25. The normalized spacial score (nSPS) is 9.50. The molecule has 0 aromatic heterocycles. The van der Waals surface area contributed by atoms with Crippen molar-refractivity contribution in [2.45, 2.75) is 0 Å². The molecule has 0 atom stereocenters. The highest BCUT2D eigenvalue weighted by Crippen LogP contribution is 2.12. The third kappa shape index (κ3) is 4.32. The lowest BCUT2D eigenvalue weighted by Gasteiger charge is -2.05. The van der Waals surface area contributed by atoms with Crippen molar-refractivity contribution in [2.24, 2.45) is 0 Å². The van der Waals surface area contributed by atoms with Crippen LogP contribution < -0.4 is 10.5 Å². The summed E-state index contributed by atoms with van der Waals surface area (Å²) in [5.74, 6) is -1.48. The molecule has 86 valence electrons. The quantitative estimate of drug-likeness (QED) is 0.551. The number of nitrogen functional groups attached to an aromatic ring is 1. The van der Waals surface area contributed by atoms with Crippen LogP contribution in [0.2, 0.25) is 0 Å². The second-order valence-electron chi connectivity index (χ2n) is 2.91. The first-order valence-corrected chi connectivity index (χ1v) is 4.43. The first-order chi connectivity index (χ1) is 7.58. The van der Waals surface area contributed by atoms with E-state index < -0.39 is 18.5 Å². The number of anilines is 1. The van der Waals surface area contributed by atoms with Gasteiger partial charge in [0.1, 0.15) is 5.75 Å². The summed E-state index contributed by atoms with van der Waals surface area (Å²) >= 11 is 0. The van der Waals surface area contributed by atoms with Gasteiger partial charge in [0.2, 0.25) is 0 Å². The molecule has 0 amide bonds. The number of carboxylic acids is 1. The first-order valence-electron chi connectivity index (χ1n) is 4.43. The van der Waals surface area contributed by atoms with E-state index in [0.717, 1.165) is 0 Å². The predicted octanol–water partition coefficient (Wildman–Crippen LogP) is 0.275. The highest BCUT2D eigenvalue weighted by molar-refractivity contribution is 5.76. The number of carbonyl (C=O) groups is 2. The highest BCUT2D eigenvalue weighted by Gasteiger charge is 2.06. The van der Waals surface area contributed by atoms with Gasteiger partial charge in [-0.25, -0.2) is 9.59 Å². The van der Waals surface area contributed by atoms with E-state index in [1.54, 1.807) is 24.3 Å². The van der Waals surface area contributed by atoms with Crippen molar-refractivity contribution in [1.82, 2.24) is 0 Å². The molecule has 0 heterocycles. The van der Waals surface area contributed by atoms with Gasteiger partial charge in [0.15, 0.2) is 13.2 Å². The minimum absolute atomic E-state index is 0.336. The van der Waals surface area contributed by atoms with Crippen LogP contribution in [0.4, 0.5) is 5.69 Å². The molecule has 1 rings (SSSR count). The monoisotopic (exact) mass is 225 g/mol. The Labute approximate surface area is 91.6 Å². The summed E-state index contributed by atoms with van der Waals surface area (Å²) in [4.78, 5) is 21.0. The second kappa shape index (κ2) is 5.59. The van der Waals surface area contributed by atoms with Crippen LogP contribution in [0.15, 0.2) is 24.3 Å². The molecule has 6 heteroatoms. The molecule has 0 aliphatic rings. The molecular formula is C10H11NO5. The zero-order valence-corrected chi connectivity index (χ0v) is 8.38. The number of hydrogen-bond donors (Lipinski definition) is 2. The lowest BCUT2D eigenvalue weighted by Crippen LogP contribution is -2.18. The Kier molecular flexibility index (Phi) is 4.14. The van der Waals surface area contributed by atoms with Gasteiger partial charge in [-0.15, -0.1) is 0 Å².